The van der Waals surface area contributed by atoms with E-state index in [9.17, 15) is 4.79 Å². The zero-order valence-electron chi connectivity index (χ0n) is 14.8. The number of ether oxygens (including phenoxy) is 1. The fourth-order valence-corrected chi connectivity index (χ4v) is 3.28. The second-order valence-corrected chi connectivity index (χ2v) is 6.43. The largest absolute Gasteiger partial charge is 0.466 e. The topological polar surface area (TPSA) is 38.3 Å². The monoisotopic (exact) mass is 335 g/mol. The second kappa shape index (κ2) is 8.52. The average Bonchev–Trinajstić information content (AvgIpc) is 2.92. The van der Waals surface area contributed by atoms with Crippen molar-refractivity contribution in [2.45, 2.75) is 38.6 Å². The van der Waals surface area contributed by atoms with Crippen LogP contribution in [0.25, 0.3) is 11.1 Å². The van der Waals surface area contributed by atoms with Crippen LogP contribution in [0.2, 0.25) is 0 Å². The van der Waals surface area contributed by atoms with E-state index in [2.05, 4.69) is 53.8 Å². The minimum absolute atomic E-state index is 0.191. The van der Waals surface area contributed by atoms with Crippen LogP contribution in [-0.2, 0) is 16.1 Å². The van der Waals surface area contributed by atoms with Gasteiger partial charge >= 0.3 is 5.97 Å². The number of hydrogen-bond acceptors (Lipinski definition) is 3. The Morgan fingerprint density at radius 3 is 2.32 bits per heavy atom. The highest BCUT2D eigenvalue weighted by atomic mass is 16.5. The van der Waals surface area contributed by atoms with Gasteiger partial charge in [-0.05, 0) is 42.4 Å². The molecule has 0 aromatic heterocycles. The van der Waals surface area contributed by atoms with Crippen molar-refractivity contribution in [2.75, 3.05) is 7.11 Å². The first-order valence-electron chi connectivity index (χ1n) is 8.96. The van der Waals surface area contributed by atoms with Crippen molar-refractivity contribution < 1.29 is 9.53 Å². The number of hydrogen-bond donors (Lipinski definition) is 1. The Kier molecular flexibility index (Phi) is 5.89. The lowest BCUT2D eigenvalue weighted by Crippen LogP contribution is -2.18. The van der Waals surface area contributed by atoms with Crippen molar-refractivity contribution in [1.82, 2.24) is 5.32 Å². The summed E-state index contributed by atoms with van der Waals surface area (Å²) >= 11 is 0. The van der Waals surface area contributed by atoms with Gasteiger partial charge in [0.2, 0.25) is 0 Å². The van der Waals surface area contributed by atoms with Crippen LogP contribution in [0, 0.1) is 0 Å². The van der Waals surface area contributed by atoms with E-state index in [1.165, 1.54) is 23.8 Å². The fraction of sp³-hybridized carbons (Fsp3) is 0.318. The Bertz CT molecular complexity index is 732. The Morgan fingerprint density at radius 1 is 0.920 bits per heavy atom. The number of allylic oxidation sites excluding steroid dienone is 1. The second-order valence-electron chi connectivity index (χ2n) is 6.43. The Hall–Kier alpha value is -2.55. The molecule has 0 amide bonds. The van der Waals surface area contributed by atoms with Crippen molar-refractivity contribution in [3.63, 3.8) is 0 Å². The molecule has 0 saturated heterocycles. The highest BCUT2D eigenvalue weighted by Gasteiger charge is 2.18. The average molecular weight is 335 g/mol. The molecule has 25 heavy (non-hydrogen) atoms. The van der Waals surface area contributed by atoms with Gasteiger partial charge in [0.05, 0.1) is 12.7 Å². The van der Waals surface area contributed by atoms with Crippen LogP contribution in [0.3, 0.4) is 0 Å². The maximum absolute atomic E-state index is 12.0. The van der Waals surface area contributed by atoms with Crippen LogP contribution >= 0.6 is 0 Å². The number of esters is 1. The molecule has 0 heterocycles. The Labute approximate surface area is 149 Å². The molecule has 0 saturated carbocycles. The molecule has 0 fully saturated rings. The normalized spacial score (nSPS) is 14.8. The summed E-state index contributed by atoms with van der Waals surface area (Å²) in [7, 11) is 1.46. The predicted molar refractivity (Wildman–Crippen MR) is 101 cm³/mol. The number of carbonyl (C=O) groups excluding carboxylic acids is 1. The van der Waals surface area contributed by atoms with Crippen LogP contribution < -0.4 is 5.32 Å². The third kappa shape index (κ3) is 4.50. The summed E-state index contributed by atoms with van der Waals surface area (Å²) in [6, 6.07) is 19.0. The molecule has 0 atom stereocenters. The molecule has 0 radical (unpaired) electrons. The van der Waals surface area contributed by atoms with Crippen LogP contribution in [0.4, 0.5) is 0 Å². The van der Waals surface area contributed by atoms with E-state index < -0.39 is 0 Å². The summed E-state index contributed by atoms with van der Waals surface area (Å²) in [6.07, 6.45) is 5.07. The molecular weight excluding hydrogens is 310 g/mol. The molecule has 2 aromatic rings. The van der Waals surface area contributed by atoms with E-state index in [1.807, 2.05) is 6.07 Å². The van der Waals surface area contributed by atoms with Gasteiger partial charge in [-0.3, -0.25) is 0 Å². The molecule has 1 aliphatic rings. The van der Waals surface area contributed by atoms with Crippen molar-refractivity contribution in [2.24, 2.45) is 0 Å². The van der Waals surface area contributed by atoms with Crippen LogP contribution in [-0.4, -0.2) is 13.1 Å². The predicted octanol–water partition coefficient (Wildman–Crippen LogP) is 4.83. The van der Waals surface area contributed by atoms with Crippen molar-refractivity contribution in [3.8, 4) is 11.1 Å². The molecule has 1 aliphatic carbocycles. The lowest BCUT2D eigenvalue weighted by atomic mass is 10.0. The molecule has 130 valence electrons. The first-order chi connectivity index (χ1) is 12.3. The number of benzene rings is 2. The van der Waals surface area contributed by atoms with Crippen LogP contribution in [0.15, 0.2) is 65.9 Å². The molecular formula is C22H25NO2. The zero-order chi connectivity index (χ0) is 17.5. The Balaban J connectivity index is 1.69. The summed E-state index contributed by atoms with van der Waals surface area (Å²) in [5.41, 5.74) is 5.52. The minimum atomic E-state index is -0.191. The first kappa shape index (κ1) is 17.3. The maximum atomic E-state index is 12.0. The standard InChI is InChI=1S/C22H25NO2/c1-25-22(24)20-10-6-3-7-11-21(20)23-16-17-12-14-19(15-13-17)18-8-4-2-5-9-18/h2,4-5,8-9,12-15,23H,3,6-7,10-11,16H2,1H3. The summed E-state index contributed by atoms with van der Waals surface area (Å²) in [5, 5.41) is 3.48. The maximum Gasteiger partial charge on any atom is 0.335 e. The quantitative estimate of drug-likeness (QED) is 0.795. The van der Waals surface area contributed by atoms with Gasteiger partial charge in [0.1, 0.15) is 0 Å². The third-order valence-corrected chi connectivity index (χ3v) is 4.72. The molecule has 0 aliphatic heterocycles. The van der Waals surface area contributed by atoms with Crippen molar-refractivity contribution in [1.29, 1.82) is 0 Å². The molecule has 0 spiro atoms. The fourth-order valence-electron chi connectivity index (χ4n) is 3.28. The minimum Gasteiger partial charge on any atom is -0.466 e. The van der Waals surface area contributed by atoms with Gasteiger partial charge in [0, 0.05) is 12.2 Å². The van der Waals surface area contributed by atoms with Gasteiger partial charge in [-0.2, -0.15) is 0 Å². The molecule has 0 bridgehead atoms. The number of nitrogens with one attached hydrogen (secondary N) is 1. The highest BCUT2D eigenvalue weighted by Crippen LogP contribution is 2.24. The van der Waals surface area contributed by atoms with Crippen molar-refractivity contribution in [3.05, 3.63) is 71.4 Å². The van der Waals surface area contributed by atoms with Gasteiger partial charge < -0.3 is 10.1 Å². The van der Waals surface area contributed by atoms with E-state index in [4.69, 9.17) is 4.74 Å². The van der Waals surface area contributed by atoms with Gasteiger partial charge in [0.25, 0.3) is 0 Å². The lowest BCUT2D eigenvalue weighted by Gasteiger charge is -2.14. The smallest absolute Gasteiger partial charge is 0.335 e. The van der Waals surface area contributed by atoms with Crippen LogP contribution in [0.5, 0.6) is 0 Å². The van der Waals surface area contributed by atoms with E-state index >= 15 is 0 Å². The van der Waals surface area contributed by atoms with E-state index in [0.717, 1.165) is 49.9 Å². The SMILES string of the molecule is COC(=O)C1=C(NCc2ccc(-c3ccccc3)cc2)CCCCC1. The van der Waals surface area contributed by atoms with E-state index in [0.29, 0.717) is 0 Å². The zero-order valence-corrected chi connectivity index (χ0v) is 14.8. The molecule has 1 N–H and O–H groups in total. The van der Waals surface area contributed by atoms with E-state index in [-0.39, 0.29) is 5.97 Å². The first-order valence-corrected chi connectivity index (χ1v) is 8.96. The van der Waals surface area contributed by atoms with Gasteiger partial charge in [-0.15, -0.1) is 0 Å². The number of methoxy groups -OCH3 is 1. The summed E-state index contributed by atoms with van der Waals surface area (Å²) < 4.78 is 4.96. The van der Waals surface area contributed by atoms with Gasteiger partial charge in [-0.25, -0.2) is 4.79 Å². The van der Waals surface area contributed by atoms with Crippen LogP contribution in [0.1, 0.15) is 37.7 Å². The summed E-state index contributed by atoms with van der Waals surface area (Å²) in [5.74, 6) is -0.191. The third-order valence-electron chi connectivity index (χ3n) is 4.72. The molecule has 2 aromatic carbocycles. The number of carbonyl (C=O) groups is 1. The van der Waals surface area contributed by atoms with Crippen molar-refractivity contribution >= 4 is 5.97 Å². The summed E-state index contributed by atoms with van der Waals surface area (Å²) in [6.45, 7) is 0.727. The number of rotatable bonds is 5. The molecule has 3 nitrogen and oxygen atoms in total. The highest BCUT2D eigenvalue weighted by molar-refractivity contribution is 5.89. The van der Waals surface area contributed by atoms with Gasteiger partial charge in [0.15, 0.2) is 0 Å². The molecule has 3 heteroatoms. The summed E-state index contributed by atoms with van der Waals surface area (Å²) in [4.78, 5) is 12.0. The molecule has 3 rings (SSSR count). The van der Waals surface area contributed by atoms with E-state index in [1.54, 1.807) is 0 Å². The Morgan fingerprint density at radius 2 is 1.60 bits per heavy atom. The lowest BCUT2D eigenvalue weighted by molar-refractivity contribution is -0.136. The van der Waals surface area contributed by atoms with Gasteiger partial charge in [-0.1, -0.05) is 61.0 Å². The molecule has 0 unspecified atom stereocenters.